The summed E-state index contributed by atoms with van der Waals surface area (Å²) in [6, 6.07) is 8.24. The normalized spacial score (nSPS) is 20.7. The number of benzene rings is 1. The Bertz CT molecular complexity index is 1200. The number of fused-ring (bicyclic) bond motifs is 3. The van der Waals surface area contributed by atoms with Crippen LogP contribution in [0.2, 0.25) is 0 Å². The Morgan fingerprint density at radius 2 is 1.85 bits per heavy atom. The maximum absolute atomic E-state index is 13.1. The van der Waals surface area contributed by atoms with Crippen LogP contribution in [0.15, 0.2) is 18.2 Å². The summed E-state index contributed by atoms with van der Waals surface area (Å²) in [5, 5.41) is 19.8. The molecule has 2 amide bonds. The Balaban J connectivity index is 0.000000292. The van der Waals surface area contributed by atoms with Crippen molar-refractivity contribution < 1.29 is 19.4 Å². The molecule has 1 aromatic carbocycles. The van der Waals surface area contributed by atoms with Gasteiger partial charge < -0.3 is 25.0 Å². The molecule has 0 radical (unpaired) electrons. The lowest BCUT2D eigenvalue weighted by atomic mass is 9.87. The second-order valence-corrected chi connectivity index (χ2v) is 11.5. The Morgan fingerprint density at radius 1 is 1.10 bits per heavy atom. The number of nitrogens with zero attached hydrogens (tertiary/aromatic N) is 3. The fraction of sp³-hybridized carbons (Fsp3) is 0.633. The van der Waals surface area contributed by atoms with Crippen LogP contribution in [0.25, 0.3) is 10.9 Å². The van der Waals surface area contributed by atoms with E-state index in [-0.39, 0.29) is 5.92 Å². The summed E-state index contributed by atoms with van der Waals surface area (Å²) in [5.41, 5.74) is 2.95. The van der Waals surface area contributed by atoms with Gasteiger partial charge >= 0.3 is 6.09 Å². The number of para-hydroxylation sites is 1. The molecule has 9 heteroatoms. The van der Waals surface area contributed by atoms with Gasteiger partial charge in [-0.3, -0.25) is 9.69 Å². The molecule has 2 aliphatic carbocycles. The highest BCUT2D eigenvalue weighted by molar-refractivity contribution is 5.90. The first kappa shape index (κ1) is 27.3. The molecule has 0 atom stereocenters. The van der Waals surface area contributed by atoms with Crippen molar-refractivity contribution in [2.45, 2.75) is 82.7 Å². The SMILES string of the molecule is N#CC1(NC(=O)O)CC1.O=C(C1CCCCC1)N1CCc2[nH]c3c(OCCN4CCCCC4)cccc3c2C1. The fourth-order valence-electron chi connectivity index (χ4n) is 6.19. The predicted molar refractivity (Wildman–Crippen MR) is 149 cm³/mol. The van der Waals surface area contributed by atoms with Gasteiger partial charge in [-0.1, -0.05) is 37.8 Å². The van der Waals surface area contributed by atoms with Gasteiger partial charge in [0.2, 0.25) is 5.91 Å². The van der Waals surface area contributed by atoms with E-state index in [0.29, 0.717) is 18.7 Å². The standard InChI is InChI=1S/C25H35N3O2.C5H6N2O2/c29-25(19-8-3-1-4-9-19)28-15-12-22-21(18-28)20-10-7-11-23(24(20)26-22)30-17-16-27-13-5-2-6-14-27;6-3-5(1-2-5)7-4(8)9/h7,10-11,19,26H,1-6,8-9,12-18H2;7H,1-2H2,(H,8,9). The fourth-order valence-corrected chi connectivity index (χ4v) is 6.19. The molecule has 0 unspecified atom stereocenters. The van der Waals surface area contributed by atoms with Crippen LogP contribution in [0, 0.1) is 17.2 Å². The van der Waals surface area contributed by atoms with Gasteiger partial charge in [-0.25, -0.2) is 4.79 Å². The van der Waals surface area contributed by atoms with E-state index < -0.39 is 11.6 Å². The van der Waals surface area contributed by atoms with E-state index in [0.717, 1.165) is 56.8 Å². The van der Waals surface area contributed by atoms with Gasteiger partial charge in [0.25, 0.3) is 0 Å². The topological polar surface area (TPSA) is 122 Å². The number of hydrogen-bond donors (Lipinski definition) is 3. The molecule has 2 aromatic rings. The second-order valence-electron chi connectivity index (χ2n) is 11.5. The predicted octanol–water partition coefficient (Wildman–Crippen LogP) is 4.81. The van der Waals surface area contributed by atoms with E-state index in [1.807, 2.05) is 6.07 Å². The van der Waals surface area contributed by atoms with Crippen LogP contribution < -0.4 is 10.1 Å². The quantitative estimate of drug-likeness (QED) is 0.488. The number of carbonyl (C=O) groups excluding carboxylic acids is 1. The maximum atomic E-state index is 13.1. The van der Waals surface area contributed by atoms with Gasteiger partial charge in [-0.15, -0.1) is 0 Å². The first-order chi connectivity index (χ1) is 19.0. The van der Waals surface area contributed by atoms with Crippen LogP contribution in [0.5, 0.6) is 5.75 Å². The van der Waals surface area contributed by atoms with E-state index in [1.165, 1.54) is 68.3 Å². The van der Waals surface area contributed by atoms with Crippen LogP contribution in [-0.2, 0) is 17.8 Å². The number of carboxylic acid groups (broad SMARTS) is 1. The van der Waals surface area contributed by atoms with E-state index in [1.54, 1.807) is 0 Å². The minimum absolute atomic E-state index is 0.249. The number of nitrogens with one attached hydrogen (secondary N) is 2. The van der Waals surface area contributed by atoms with Gasteiger partial charge in [-0.05, 0) is 57.7 Å². The minimum atomic E-state index is -1.12. The number of ether oxygens (including phenoxy) is 1. The number of nitriles is 1. The molecule has 39 heavy (non-hydrogen) atoms. The Labute approximate surface area is 230 Å². The van der Waals surface area contributed by atoms with E-state index in [2.05, 4.69) is 38.3 Å². The molecule has 1 aromatic heterocycles. The number of piperidine rings is 1. The van der Waals surface area contributed by atoms with Crippen molar-refractivity contribution in [1.29, 1.82) is 5.26 Å². The molecular weight excluding hydrogens is 494 g/mol. The zero-order chi connectivity index (χ0) is 27.2. The third kappa shape index (κ3) is 6.67. The Kier molecular flexibility index (Phi) is 8.61. The van der Waals surface area contributed by atoms with Crippen molar-refractivity contribution in [1.82, 2.24) is 20.1 Å². The molecule has 0 bridgehead atoms. The van der Waals surface area contributed by atoms with E-state index in [9.17, 15) is 9.59 Å². The highest BCUT2D eigenvalue weighted by atomic mass is 16.5. The van der Waals surface area contributed by atoms with Gasteiger partial charge in [0.05, 0.1) is 11.6 Å². The molecule has 2 aliphatic heterocycles. The summed E-state index contributed by atoms with van der Waals surface area (Å²) in [6.07, 6.45) is 10.9. The molecule has 3 heterocycles. The largest absolute Gasteiger partial charge is 0.490 e. The average Bonchev–Trinajstić information content (AvgIpc) is 3.63. The molecule has 3 N–H and O–H groups in total. The summed E-state index contributed by atoms with van der Waals surface area (Å²) in [4.78, 5) is 31.3. The monoisotopic (exact) mass is 535 g/mol. The molecule has 0 spiro atoms. The molecule has 1 saturated heterocycles. The van der Waals surface area contributed by atoms with E-state index >= 15 is 0 Å². The number of carbonyl (C=O) groups is 2. The zero-order valence-electron chi connectivity index (χ0n) is 22.8. The number of likely N-dealkylation sites (tertiary alicyclic amines) is 1. The molecular formula is C30H41N5O4. The lowest BCUT2D eigenvalue weighted by molar-refractivity contribution is -0.137. The van der Waals surface area contributed by atoms with Crippen LogP contribution in [0.4, 0.5) is 4.79 Å². The second kappa shape index (κ2) is 12.3. The van der Waals surface area contributed by atoms with Crippen LogP contribution in [0.1, 0.15) is 75.5 Å². The van der Waals surface area contributed by atoms with Gasteiger partial charge in [0, 0.05) is 48.6 Å². The third-order valence-corrected chi connectivity index (χ3v) is 8.66. The summed E-state index contributed by atoms with van der Waals surface area (Å²) in [7, 11) is 0. The van der Waals surface area contributed by atoms with Crippen molar-refractivity contribution in [2.75, 3.05) is 32.8 Å². The lowest BCUT2D eigenvalue weighted by Gasteiger charge is -2.32. The van der Waals surface area contributed by atoms with Crippen molar-refractivity contribution in [3.05, 3.63) is 29.5 Å². The molecule has 210 valence electrons. The number of H-pyrrole nitrogens is 1. The van der Waals surface area contributed by atoms with Gasteiger partial charge in [0.1, 0.15) is 17.9 Å². The van der Waals surface area contributed by atoms with Crippen LogP contribution >= 0.6 is 0 Å². The van der Waals surface area contributed by atoms with Crippen molar-refractivity contribution in [3.63, 3.8) is 0 Å². The van der Waals surface area contributed by atoms with Gasteiger partial charge in [-0.2, -0.15) is 5.26 Å². The van der Waals surface area contributed by atoms with Crippen LogP contribution in [-0.4, -0.2) is 70.2 Å². The number of amides is 2. The summed E-state index contributed by atoms with van der Waals surface area (Å²) in [6.45, 7) is 5.71. The van der Waals surface area contributed by atoms with Gasteiger partial charge in [0.15, 0.2) is 0 Å². The number of aromatic nitrogens is 1. The molecule has 9 nitrogen and oxygen atoms in total. The average molecular weight is 536 g/mol. The summed E-state index contributed by atoms with van der Waals surface area (Å²) < 4.78 is 6.22. The lowest BCUT2D eigenvalue weighted by Crippen LogP contribution is -2.40. The summed E-state index contributed by atoms with van der Waals surface area (Å²) >= 11 is 0. The highest BCUT2D eigenvalue weighted by Gasteiger charge is 2.44. The maximum Gasteiger partial charge on any atom is 0.405 e. The van der Waals surface area contributed by atoms with Crippen molar-refractivity contribution in [2.24, 2.45) is 5.92 Å². The number of hydrogen-bond acceptors (Lipinski definition) is 5. The third-order valence-electron chi connectivity index (χ3n) is 8.66. The highest BCUT2D eigenvalue weighted by Crippen LogP contribution is 2.35. The van der Waals surface area contributed by atoms with Crippen molar-refractivity contribution in [3.8, 4) is 11.8 Å². The number of rotatable bonds is 6. The number of aromatic amines is 1. The van der Waals surface area contributed by atoms with Crippen molar-refractivity contribution >= 4 is 22.9 Å². The van der Waals surface area contributed by atoms with Crippen LogP contribution in [0.3, 0.4) is 0 Å². The molecule has 6 rings (SSSR count). The molecule has 4 aliphatic rings. The zero-order valence-corrected chi connectivity index (χ0v) is 22.8. The summed E-state index contributed by atoms with van der Waals surface area (Å²) in [5.74, 6) is 1.58. The Hall–Kier alpha value is -3.25. The first-order valence-electron chi connectivity index (χ1n) is 14.7. The minimum Gasteiger partial charge on any atom is -0.490 e. The smallest absolute Gasteiger partial charge is 0.405 e. The molecule has 2 saturated carbocycles. The Morgan fingerprint density at radius 3 is 2.51 bits per heavy atom. The first-order valence-corrected chi connectivity index (χ1v) is 14.7. The molecule has 3 fully saturated rings. The van der Waals surface area contributed by atoms with E-state index in [4.69, 9.17) is 15.1 Å².